The molecule has 3 atom stereocenters. The highest BCUT2D eigenvalue weighted by molar-refractivity contribution is 7.86. The number of rotatable bonds is 3. The molecule has 21 heavy (non-hydrogen) atoms. The van der Waals surface area contributed by atoms with Gasteiger partial charge in [-0.05, 0) is 50.4 Å². The standard InChI is InChI=1S/C15H28N2O3S/c18-12-13-5-3-9-16(11-13)21(19,20)17-10-4-7-14-6-1-2-8-15(14)17/h13-15,18H,1-12H2. The lowest BCUT2D eigenvalue weighted by molar-refractivity contribution is 0.112. The van der Waals surface area contributed by atoms with Crippen molar-refractivity contribution in [1.82, 2.24) is 8.61 Å². The molecule has 3 unspecified atom stereocenters. The first kappa shape index (κ1) is 15.7. The summed E-state index contributed by atoms with van der Waals surface area (Å²) in [5, 5.41) is 9.34. The summed E-state index contributed by atoms with van der Waals surface area (Å²) < 4.78 is 29.5. The average molecular weight is 316 g/mol. The Hall–Kier alpha value is -0.170. The second-order valence-electron chi connectivity index (χ2n) is 6.92. The van der Waals surface area contributed by atoms with Crippen LogP contribution in [0.3, 0.4) is 0 Å². The van der Waals surface area contributed by atoms with Gasteiger partial charge in [0, 0.05) is 32.3 Å². The second kappa shape index (κ2) is 6.52. The van der Waals surface area contributed by atoms with Gasteiger partial charge in [0.25, 0.3) is 10.2 Å². The molecule has 2 aliphatic heterocycles. The summed E-state index contributed by atoms with van der Waals surface area (Å²) in [6.07, 6.45) is 8.63. The van der Waals surface area contributed by atoms with E-state index in [4.69, 9.17) is 0 Å². The predicted molar refractivity (Wildman–Crippen MR) is 82.0 cm³/mol. The van der Waals surface area contributed by atoms with Crippen molar-refractivity contribution in [2.24, 2.45) is 11.8 Å². The molecule has 0 aromatic heterocycles. The predicted octanol–water partition coefficient (Wildman–Crippen LogP) is 1.59. The van der Waals surface area contributed by atoms with E-state index in [-0.39, 0.29) is 18.6 Å². The van der Waals surface area contributed by atoms with Crippen LogP contribution < -0.4 is 0 Å². The number of piperidine rings is 2. The maximum Gasteiger partial charge on any atom is 0.282 e. The summed E-state index contributed by atoms with van der Waals surface area (Å²) in [7, 11) is -3.34. The van der Waals surface area contributed by atoms with Crippen molar-refractivity contribution in [3.05, 3.63) is 0 Å². The lowest BCUT2D eigenvalue weighted by Crippen LogP contribution is -2.56. The molecule has 1 saturated carbocycles. The summed E-state index contributed by atoms with van der Waals surface area (Å²) in [5.41, 5.74) is 0. The van der Waals surface area contributed by atoms with Gasteiger partial charge in [-0.25, -0.2) is 0 Å². The molecule has 2 heterocycles. The first-order valence-electron chi connectivity index (χ1n) is 8.50. The van der Waals surface area contributed by atoms with Crippen molar-refractivity contribution in [2.45, 2.75) is 57.4 Å². The van der Waals surface area contributed by atoms with E-state index >= 15 is 0 Å². The van der Waals surface area contributed by atoms with Gasteiger partial charge in [0.1, 0.15) is 0 Å². The Labute approximate surface area is 128 Å². The van der Waals surface area contributed by atoms with Crippen LogP contribution in [0.25, 0.3) is 0 Å². The third-order valence-electron chi connectivity index (χ3n) is 5.55. The summed E-state index contributed by atoms with van der Waals surface area (Å²) in [5.74, 6) is 0.682. The molecule has 3 fully saturated rings. The molecule has 0 radical (unpaired) electrons. The van der Waals surface area contributed by atoms with Gasteiger partial charge >= 0.3 is 0 Å². The molecule has 1 N–H and O–H groups in total. The third kappa shape index (κ3) is 3.14. The molecule has 0 amide bonds. The van der Waals surface area contributed by atoms with Crippen LogP contribution in [-0.2, 0) is 10.2 Å². The van der Waals surface area contributed by atoms with Gasteiger partial charge in [-0.3, -0.25) is 0 Å². The van der Waals surface area contributed by atoms with E-state index in [2.05, 4.69) is 0 Å². The van der Waals surface area contributed by atoms with Crippen LogP contribution in [0.5, 0.6) is 0 Å². The molecule has 0 aromatic rings. The normalized spacial score (nSPS) is 36.3. The van der Waals surface area contributed by atoms with Crippen molar-refractivity contribution in [2.75, 3.05) is 26.2 Å². The van der Waals surface area contributed by atoms with E-state index in [0.717, 1.165) is 32.1 Å². The number of aliphatic hydroxyl groups is 1. The molecule has 3 rings (SSSR count). The van der Waals surface area contributed by atoms with Crippen LogP contribution in [0.2, 0.25) is 0 Å². The highest BCUT2D eigenvalue weighted by atomic mass is 32.2. The summed E-state index contributed by atoms with van der Waals surface area (Å²) in [4.78, 5) is 0. The van der Waals surface area contributed by atoms with Gasteiger partial charge in [0.15, 0.2) is 0 Å². The molecule has 6 heteroatoms. The maximum absolute atomic E-state index is 13.0. The SMILES string of the molecule is O=S(=O)(N1CCCC(CO)C1)N1CCCC2CCCCC21. The van der Waals surface area contributed by atoms with Crippen molar-refractivity contribution >= 4 is 10.2 Å². The van der Waals surface area contributed by atoms with Crippen molar-refractivity contribution in [3.8, 4) is 0 Å². The molecule has 2 saturated heterocycles. The lowest BCUT2D eigenvalue weighted by Gasteiger charge is -2.45. The van der Waals surface area contributed by atoms with Gasteiger partial charge in [-0.2, -0.15) is 17.0 Å². The van der Waals surface area contributed by atoms with Gasteiger partial charge in [0.2, 0.25) is 0 Å². The zero-order valence-corrected chi connectivity index (χ0v) is 13.6. The van der Waals surface area contributed by atoms with Gasteiger partial charge in [-0.15, -0.1) is 0 Å². The van der Waals surface area contributed by atoms with Gasteiger partial charge in [-0.1, -0.05) is 12.8 Å². The van der Waals surface area contributed by atoms with E-state index in [1.165, 1.54) is 19.3 Å². The topological polar surface area (TPSA) is 60.9 Å². The minimum Gasteiger partial charge on any atom is -0.396 e. The highest BCUT2D eigenvalue weighted by Crippen LogP contribution is 2.37. The fraction of sp³-hybridized carbons (Fsp3) is 1.00. The number of fused-ring (bicyclic) bond motifs is 1. The molecule has 1 aliphatic carbocycles. The van der Waals surface area contributed by atoms with E-state index in [1.54, 1.807) is 8.61 Å². The Kier molecular flexibility index (Phi) is 4.88. The van der Waals surface area contributed by atoms with Crippen molar-refractivity contribution < 1.29 is 13.5 Å². The molecular weight excluding hydrogens is 288 g/mol. The fourth-order valence-electron chi connectivity index (χ4n) is 4.40. The lowest BCUT2D eigenvalue weighted by atomic mass is 9.79. The zero-order valence-electron chi connectivity index (χ0n) is 12.8. The first-order valence-corrected chi connectivity index (χ1v) is 9.90. The Bertz CT molecular complexity index is 452. The van der Waals surface area contributed by atoms with Crippen LogP contribution in [0, 0.1) is 11.8 Å². The van der Waals surface area contributed by atoms with E-state index < -0.39 is 10.2 Å². The average Bonchev–Trinajstić information content (AvgIpc) is 2.54. The zero-order chi connectivity index (χ0) is 14.9. The van der Waals surface area contributed by atoms with Gasteiger partial charge in [0.05, 0.1) is 0 Å². The Morgan fingerprint density at radius 1 is 0.952 bits per heavy atom. The minimum absolute atomic E-state index is 0.0953. The van der Waals surface area contributed by atoms with Crippen LogP contribution in [0.4, 0.5) is 0 Å². The fourth-order valence-corrected chi connectivity index (χ4v) is 6.43. The van der Waals surface area contributed by atoms with Crippen LogP contribution in [0.15, 0.2) is 0 Å². The van der Waals surface area contributed by atoms with Crippen molar-refractivity contribution in [3.63, 3.8) is 0 Å². The minimum atomic E-state index is -3.34. The number of nitrogens with zero attached hydrogens (tertiary/aromatic N) is 2. The van der Waals surface area contributed by atoms with E-state index in [0.29, 0.717) is 25.6 Å². The third-order valence-corrected chi connectivity index (χ3v) is 7.59. The molecule has 3 aliphatic rings. The summed E-state index contributed by atoms with van der Waals surface area (Å²) >= 11 is 0. The quantitative estimate of drug-likeness (QED) is 0.860. The second-order valence-corrected chi connectivity index (χ2v) is 8.80. The largest absolute Gasteiger partial charge is 0.396 e. The Balaban J connectivity index is 1.76. The highest BCUT2D eigenvalue weighted by Gasteiger charge is 2.42. The van der Waals surface area contributed by atoms with E-state index in [9.17, 15) is 13.5 Å². The number of hydrogen-bond donors (Lipinski definition) is 1. The first-order chi connectivity index (χ1) is 10.1. The number of hydrogen-bond acceptors (Lipinski definition) is 3. The monoisotopic (exact) mass is 316 g/mol. The maximum atomic E-state index is 13.0. The molecule has 0 spiro atoms. The smallest absolute Gasteiger partial charge is 0.282 e. The number of aliphatic hydroxyl groups excluding tert-OH is 1. The molecule has 122 valence electrons. The van der Waals surface area contributed by atoms with Crippen LogP contribution >= 0.6 is 0 Å². The Morgan fingerprint density at radius 3 is 2.48 bits per heavy atom. The summed E-state index contributed by atoms with van der Waals surface area (Å²) in [6, 6.07) is 0.229. The molecular formula is C15H28N2O3S. The Morgan fingerprint density at radius 2 is 1.67 bits per heavy atom. The van der Waals surface area contributed by atoms with Crippen LogP contribution in [-0.4, -0.2) is 54.4 Å². The van der Waals surface area contributed by atoms with E-state index in [1.807, 2.05) is 0 Å². The van der Waals surface area contributed by atoms with Crippen LogP contribution in [0.1, 0.15) is 51.4 Å². The molecule has 0 bridgehead atoms. The summed E-state index contributed by atoms with van der Waals surface area (Å²) in [6.45, 7) is 1.89. The van der Waals surface area contributed by atoms with Gasteiger partial charge < -0.3 is 5.11 Å². The van der Waals surface area contributed by atoms with Crippen molar-refractivity contribution in [1.29, 1.82) is 0 Å². The molecule has 5 nitrogen and oxygen atoms in total. The molecule has 0 aromatic carbocycles.